The Bertz CT molecular complexity index is 311. The summed E-state index contributed by atoms with van der Waals surface area (Å²) in [4.78, 5) is 0. The molecule has 1 aromatic carbocycles. The lowest BCUT2D eigenvalue weighted by Gasteiger charge is -2.36. The van der Waals surface area contributed by atoms with Gasteiger partial charge in [0.1, 0.15) is 0 Å². The first-order valence-electron chi connectivity index (χ1n) is 6.61. The highest BCUT2D eigenvalue weighted by Crippen LogP contribution is 2.44. The molecule has 1 atom stereocenters. The number of rotatable bonds is 4. The molecule has 1 aromatic rings. The van der Waals surface area contributed by atoms with Crippen molar-refractivity contribution in [2.45, 2.75) is 56.9 Å². The van der Waals surface area contributed by atoms with Crippen LogP contribution in [0, 0.1) is 0 Å². The molecule has 0 spiro atoms. The van der Waals surface area contributed by atoms with Gasteiger partial charge in [-0.2, -0.15) is 0 Å². The molecule has 1 heteroatoms. The Morgan fingerprint density at radius 2 is 1.81 bits per heavy atom. The van der Waals surface area contributed by atoms with Gasteiger partial charge in [0.2, 0.25) is 0 Å². The molecule has 0 amide bonds. The Labute approximate surface area is 99.0 Å². The van der Waals surface area contributed by atoms with Gasteiger partial charge in [-0.1, -0.05) is 56.5 Å². The van der Waals surface area contributed by atoms with Crippen molar-refractivity contribution in [3.63, 3.8) is 0 Å². The molecule has 0 saturated heterocycles. The molecule has 16 heavy (non-hydrogen) atoms. The maximum Gasteiger partial charge on any atom is 0.0136 e. The second-order valence-electron chi connectivity index (χ2n) is 5.12. The number of hydrogen-bond donors (Lipinski definition) is 1. The van der Waals surface area contributed by atoms with Gasteiger partial charge in [0.25, 0.3) is 0 Å². The van der Waals surface area contributed by atoms with E-state index in [0.29, 0.717) is 6.04 Å². The van der Waals surface area contributed by atoms with E-state index >= 15 is 0 Å². The summed E-state index contributed by atoms with van der Waals surface area (Å²) in [5.74, 6) is 0. The maximum atomic E-state index is 6.46. The van der Waals surface area contributed by atoms with Gasteiger partial charge in [0, 0.05) is 11.5 Å². The standard InChI is InChI=1S/C15H23N/c1-2-8-14(16)15(11-6-7-12-15)13-9-4-3-5-10-13/h3-5,9-10,14H,2,6-8,11-12,16H2,1H3/t14-/m0/s1. The minimum Gasteiger partial charge on any atom is -0.327 e. The lowest BCUT2D eigenvalue weighted by molar-refractivity contribution is 0.332. The summed E-state index contributed by atoms with van der Waals surface area (Å²) in [5, 5.41) is 0. The van der Waals surface area contributed by atoms with Crippen molar-refractivity contribution in [2.75, 3.05) is 0 Å². The van der Waals surface area contributed by atoms with Crippen LogP contribution < -0.4 is 5.73 Å². The third kappa shape index (κ3) is 2.01. The van der Waals surface area contributed by atoms with E-state index in [1.807, 2.05) is 0 Å². The van der Waals surface area contributed by atoms with Crippen molar-refractivity contribution in [3.8, 4) is 0 Å². The van der Waals surface area contributed by atoms with Crippen LogP contribution in [0.1, 0.15) is 51.0 Å². The molecule has 0 aromatic heterocycles. The highest BCUT2D eigenvalue weighted by atomic mass is 14.7. The second-order valence-corrected chi connectivity index (χ2v) is 5.12. The normalized spacial score (nSPS) is 20.9. The fraction of sp³-hybridized carbons (Fsp3) is 0.600. The van der Waals surface area contributed by atoms with E-state index in [-0.39, 0.29) is 5.41 Å². The van der Waals surface area contributed by atoms with Crippen molar-refractivity contribution >= 4 is 0 Å². The average molecular weight is 217 g/mol. The summed E-state index contributed by atoms with van der Waals surface area (Å²) < 4.78 is 0. The molecule has 1 fully saturated rings. The summed E-state index contributed by atoms with van der Waals surface area (Å²) in [6, 6.07) is 11.3. The lowest BCUT2D eigenvalue weighted by atomic mass is 9.72. The Hall–Kier alpha value is -0.820. The van der Waals surface area contributed by atoms with E-state index in [9.17, 15) is 0 Å². The summed E-state index contributed by atoms with van der Waals surface area (Å²) in [6.07, 6.45) is 7.57. The number of benzene rings is 1. The van der Waals surface area contributed by atoms with Crippen molar-refractivity contribution in [3.05, 3.63) is 35.9 Å². The van der Waals surface area contributed by atoms with Gasteiger partial charge in [0.05, 0.1) is 0 Å². The van der Waals surface area contributed by atoms with Crippen LogP contribution in [0.15, 0.2) is 30.3 Å². The Balaban J connectivity index is 2.28. The van der Waals surface area contributed by atoms with Gasteiger partial charge in [-0.3, -0.25) is 0 Å². The molecule has 88 valence electrons. The first-order chi connectivity index (χ1) is 7.79. The maximum absolute atomic E-state index is 6.46. The molecular formula is C15H23N. The molecule has 0 unspecified atom stereocenters. The van der Waals surface area contributed by atoms with Crippen LogP contribution in [-0.4, -0.2) is 6.04 Å². The van der Waals surface area contributed by atoms with Crippen LogP contribution in [-0.2, 0) is 5.41 Å². The topological polar surface area (TPSA) is 26.0 Å². The molecule has 0 radical (unpaired) electrons. The van der Waals surface area contributed by atoms with Crippen LogP contribution >= 0.6 is 0 Å². The highest BCUT2D eigenvalue weighted by Gasteiger charge is 2.40. The first kappa shape index (κ1) is 11.7. The largest absolute Gasteiger partial charge is 0.327 e. The molecule has 2 N–H and O–H groups in total. The molecule has 1 nitrogen and oxygen atoms in total. The predicted octanol–water partition coefficient (Wildman–Crippen LogP) is 3.63. The Kier molecular flexibility index (Phi) is 3.65. The van der Waals surface area contributed by atoms with Crippen molar-refractivity contribution < 1.29 is 0 Å². The summed E-state index contributed by atoms with van der Waals surface area (Å²) in [5.41, 5.74) is 8.20. The minimum atomic E-state index is 0.275. The highest BCUT2D eigenvalue weighted by molar-refractivity contribution is 5.29. The quantitative estimate of drug-likeness (QED) is 0.819. The zero-order valence-electron chi connectivity index (χ0n) is 10.3. The zero-order valence-corrected chi connectivity index (χ0v) is 10.3. The molecule has 1 aliphatic rings. The van der Waals surface area contributed by atoms with E-state index in [4.69, 9.17) is 5.73 Å². The first-order valence-corrected chi connectivity index (χ1v) is 6.61. The predicted molar refractivity (Wildman–Crippen MR) is 69.5 cm³/mol. The number of nitrogens with two attached hydrogens (primary N) is 1. The Morgan fingerprint density at radius 3 is 2.38 bits per heavy atom. The SMILES string of the molecule is CCC[C@H](N)C1(c2ccccc2)CCCC1. The molecule has 1 aliphatic carbocycles. The fourth-order valence-corrected chi connectivity index (χ4v) is 3.24. The third-order valence-electron chi connectivity index (χ3n) is 4.15. The molecule has 0 heterocycles. The van der Waals surface area contributed by atoms with Gasteiger partial charge < -0.3 is 5.73 Å². The van der Waals surface area contributed by atoms with E-state index in [2.05, 4.69) is 37.3 Å². The van der Waals surface area contributed by atoms with Crippen molar-refractivity contribution in [1.29, 1.82) is 0 Å². The van der Waals surface area contributed by atoms with Gasteiger partial charge in [-0.15, -0.1) is 0 Å². The van der Waals surface area contributed by atoms with Crippen LogP contribution in [0.4, 0.5) is 0 Å². The van der Waals surface area contributed by atoms with Gasteiger partial charge >= 0.3 is 0 Å². The van der Waals surface area contributed by atoms with E-state index in [0.717, 1.165) is 6.42 Å². The molecule has 0 aliphatic heterocycles. The smallest absolute Gasteiger partial charge is 0.0136 e. The summed E-state index contributed by atoms with van der Waals surface area (Å²) in [7, 11) is 0. The molecule has 0 bridgehead atoms. The Morgan fingerprint density at radius 1 is 1.19 bits per heavy atom. The molecule has 1 saturated carbocycles. The summed E-state index contributed by atoms with van der Waals surface area (Å²) in [6.45, 7) is 2.23. The second kappa shape index (κ2) is 5.01. The average Bonchev–Trinajstić information content (AvgIpc) is 2.81. The van der Waals surface area contributed by atoms with Gasteiger partial charge in [-0.25, -0.2) is 0 Å². The van der Waals surface area contributed by atoms with Crippen LogP contribution in [0.3, 0.4) is 0 Å². The van der Waals surface area contributed by atoms with Gasteiger partial charge in [-0.05, 0) is 24.8 Å². The molecular weight excluding hydrogens is 194 g/mol. The summed E-state index contributed by atoms with van der Waals surface area (Å²) >= 11 is 0. The van der Waals surface area contributed by atoms with E-state index in [1.165, 1.54) is 37.7 Å². The minimum absolute atomic E-state index is 0.275. The zero-order chi connectivity index (χ0) is 11.4. The van der Waals surface area contributed by atoms with Crippen molar-refractivity contribution in [2.24, 2.45) is 5.73 Å². The van der Waals surface area contributed by atoms with Crippen LogP contribution in [0.2, 0.25) is 0 Å². The lowest BCUT2D eigenvalue weighted by Crippen LogP contribution is -2.43. The van der Waals surface area contributed by atoms with Crippen LogP contribution in [0.5, 0.6) is 0 Å². The van der Waals surface area contributed by atoms with E-state index in [1.54, 1.807) is 0 Å². The monoisotopic (exact) mass is 217 g/mol. The van der Waals surface area contributed by atoms with Crippen molar-refractivity contribution in [1.82, 2.24) is 0 Å². The van der Waals surface area contributed by atoms with Gasteiger partial charge in [0.15, 0.2) is 0 Å². The third-order valence-corrected chi connectivity index (χ3v) is 4.15. The number of hydrogen-bond acceptors (Lipinski definition) is 1. The fourth-order valence-electron chi connectivity index (χ4n) is 3.24. The molecule has 2 rings (SSSR count). The van der Waals surface area contributed by atoms with Crippen LogP contribution in [0.25, 0.3) is 0 Å². The van der Waals surface area contributed by atoms with E-state index < -0.39 is 0 Å².